The second-order valence-electron chi connectivity index (χ2n) is 15.0. The first-order valence-corrected chi connectivity index (χ1v) is 22.3. The molecule has 0 fully saturated rings. The molecule has 0 bridgehead atoms. The normalized spacial score (nSPS) is 12.1. The number of carbonyl (C=O) groups is 3. The molecule has 1 atom stereocenters. The molecule has 1 unspecified atom stereocenters. The van der Waals surface area contributed by atoms with E-state index < -0.39 is 6.10 Å². The summed E-state index contributed by atoms with van der Waals surface area (Å²) in [7, 11) is 0. The fraction of sp³-hybridized carbons (Fsp3) is 0.848. The molecule has 0 aromatic heterocycles. The summed E-state index contributed by atoms with van der Waals surface area (Å²) in [5.74, 6) is -0.894. The van der Waals surface area contributed by atoms with Gasteiger partial charge in [-0.3, -0.25) is 14.4 Å². The number of hydrogen-bond acceptors (Lipinski definition) is 6. The predicted molar refractivity (Wildman–Crippen MR) is 219 cm³/mol. The smallest absolute Gasteiger partial charge is 0.306 e. The van der Waals surface area contributed by atoms with E-state index in [0.29, 0.717) is 19.3 Å². The fourth-order valence-corrected chi connectivity index (χ4v) is 6.24. The zero-order valence-electron chi connectivity index (χ0n) is 34.6. The van der Waals surface area contributed by atoms with Crippen molar-refractivity contribution in [3.8, 4) is 0 Å². The summed E-state index contributed by atoms with van der Waals surface area (Å²) >= 11 is 0. The second-order valence-corrected chi connectivity index (χ2v) is 15.0. The third-order valence-electron chi connectivity index (χ3n) is 9.68. The van der Waals surface area contributed by atoms with E-state index in [-0.39, 0.29) is 31.1 Å². The van der Waals surface area contributed by atoms with Crippen molar-refractivity contribution in [3.63, 3.8) is 0 Å². The zero-order valence-corrected chi connectivity index (χ0v) is 34.6. The van der Waals surface area contributed by atoms with Crippen molar-refractivity contribution in [1.82, 2.24) is 0 Å². The van der Waals surface area contributed by atoms with E-state index in [1.165, 1.54) is 116 Å². The number of esters is 3. The van der Waals surface area contributed by atoms with Crippen LogP contribution in [0.5, 0.6) is 0 Å². The number of ether oxygens (including phenoxy) is 3. The first-order valence-electron chi connectivity index (χ1n) is 22.3. The van der Waals surface area contributed by atoms with Crippen molar-refractivity contribution in [2.45, 2.75) is 239 Å². The number of allylic oxidation sites excluding steroid dienone is 4. The quantitative estimate of drug-likeness (QED) is 0.0270. The van der Waals surface area contributed by atoms with Crippen molar-refractivity contribution < 1.29 is 28.6 Å². The van der Waals surface area contributed by atoms with Gasteiger partial charge < -0.3 is 14.2 Å². The minimum Gasteiger partial charge on any atom is -0.462 e. The van der Waals surface area contributed by atoms with Crippen LogP contribution in [0.2, 0.25) is 0 Å². The van der Waals surface area contributed by atoms with Gasteiger partial charge in [-0.25, -0.2) is 0 Å². The lowest BCUT2D eigenvalue weighted by Gasteiger charge is -2.18. The summed E-state index contributed by atoms with van der Waals surface area (Å²) in [6, 6.07) is 0. The van der Waals surface area contributed by atoms with Crippen LogP contribution in [0.1, 0.15) is 233 Å². The highest BCUT2D eigenvalue weighted by Gasteiger charge is 2.19. The molecule has 0 N–H and O–H groups in total. The molecule has 0 aliphatic carbocycles. The molecular weight excluding hydrogens is 649 g/mol. The molecule has 0 radical (unpaired) electrons. The average molecular weight is 733 g/mol. The maximum atomic E-state index is 12.6. The average Bonchev–Trinajstić information content (AvgIpc) is 3.14. The van der Waals surface area contributed by atoms with E-state index in [1.807, 2.05) is 0 Å². The molecule has 0 rings (SSSR count). The van der Waals surface area contributed by atoms with Gasteiger partial charge >= 0.3 is 17.9 Å². The Labute approximate surface area is 322 Å². The van der Waals surface area contributed by atoms with Gasteiger partial charge in [0.25, 0.3) is 0 Å². The molecule has 0 aromatic carbocycles. The zero-order chi connectivity index (χ0) is 38.0. The van der Waals surface area contributed by atoms with Crippen LogP contribution in [0.3, 0.4) is 0 Å². The third kappa shape index (κ3) is 39.1. The van der Waals surface area contributed by atoms with Crippen LogP contribution in [-0.2, 0) is 28.6 Å². The molecule has 0 aromatic rings. The Hall–Kier alpha value is -2.11. The number of unbranched alkanes of at least 4 members (excludes halogenated alkanes) is 25. The van der Waals surface area contributed by atoms with Gasteiger partial charge in [0, 0.05) is 19.3 Å². The van der Waals surface area contributed by atoms with Crippen molar-refractivity contribution in [3.05, 3.63) is 24.3 Å². The first kappa shape index (κ1) is 49.9. The summed E-state index contributed by atoms with van der Waals surface area (Å²) in [6.07, 6.45) is 44.5. The van der Waals surface area contributed by atoms with Crippen molar-refractivity contribution in [1.29, 1.82) is 0 Å². The van der Waals surface area contributed by atoms with Gasteiger partial charge in [-0.05, 0) is 64.2 Å². The monoisotopic (exact) mass is 733 g/mol. The highest BCUT2D eigenvalue weighted by atomic mass is 16.6. The van der Waals surface area contributed by atoms with Crippen molar-refractivity contribution in [2.75, 3.05) is 13.2 Å². The van der Waals surface area contributed by atoms with Gasteiger partial charge in [0.1, 0.15) is 13.2 Å². The lowest BCUT2D eigenvalue weighted by Crippen LogP contribution is -2.30. The Morgan fingerprint density at radius 1 is 0.365 bits per heavy atom. The maximum absolute atomic E-state index is 12.6. The molecule has 6 heteroatoms. The molecule has 304 valence electrons. The van der Waals surface area contributed by atoms with E-state index in [1.54, 1.807) is 0 Å². The molecule has 0 aliphatic rings. The Morgan fingerprint density at radius 2 is 0.654 bits per heavy atom. The van der Waals surface area contributed by atoms with E-state index in [4.69, 9.17) is 14.2 Å². The first-order chi connectivity index (χ1) is 25.5. The second kappa shape index (κ2) is 41.6. The van der Waals surface area contributed by atoms with E-state index in [9.17, 15) is 14.4 Å². The van der Waals surface area contributed by atoms with Crippen LogP contribution in [0.15, 0.2) is 24.3 Å². The Kier molecular flexibility index (Phi) is 40.0. The largest absolute Gasteiger partial charge is 0.462 e. The molecule has 0 spiro atoms. The van der Waals surface area contributed by atoms with Crippen molar-refractivity contribution in [2.24, 2.45) is 0 Å². The molecule has 0 amide bonds. The maximum Gasteiger partial charge on any atom is 0.306 e. The van der Waals surface area contributed by atoms with Crippen LogP contribution in [-0.4, -0.2) is 37.2 Å². The van der Waals surface area contributed by atoms with Gasteiger partial charge in [-0.2, -0.15) is 0 Å². The Morgan fingerprint density at radius 3 is 1.04 bits per heavy atom. The van der Waals surface area contributed by atoms with Gasteiger partial charge in [0.15, 0.2) is 6.10 Å². The lowest BCUT2D eigenvalue weighted by atomic mass is 10.1. The number of carbonyl (C=O) groups excluding carboxylic acids is 3. The molecule has 0 aliphatic heterocycles. The minimum absolute atomic E-state index is 0.0750. The summed E-state index contributed by atoms with van der Waals surface area (Å²) in [6.45, 7) is 6.54. The Balaban J connectivity index is 4.32. The highest BCUT2D eigenvalue weighted by Crippen LogP contribution is 2.14. The highest BCUT2D eigenvalue weighted by molar-refractivity contribution is 5.71. The molecule has 0 saturated carbocycles. The summed E-state index contributed by atoms with van der Waals surface area (Å²) in [5, 5.41) is 0. The molecule has 6 nitrogen and oxygen atoms in total. The van der Waals surface area contributed by atoms with Crippen LogP contribution < -0.4 is 0 Å². The summed E-state index contributed by atoms with van der Waals surface area (Å²) in [4.78, 5) is 37.6. The van der Waals surface area contributed by atoms with E-state index >= 15 is 0 Å². The standard InChI is InChI=1S/C46H84O6/c1-4-7-10-13-16-19-21-22-23-24-25-28-30-33-36-39-45(48)51-42-43(41-50-44(47)38-35-32-29-26-18-15-12-9-6-3)52-46(49)40-37-34-31-27-20-17-14-11-8-5-2/h14,17,19,21,43H,4-13,15-16,18,20,22-42H2,1-3H3/b17-14-,21-19-. The lowest BCUT2D eigenvalue weighted by molar-refractivity contribution is -0.167. The number of hydrogen-bond donors (Lipinski definition) is 0. The molecule has 0 saturated heterocycles. The van der Waals surface area contributed by atoms with Gasteiger partial charge in [-0.1, -0.05) is 173 Å². The Bertz CT molecular complexity index is 850. The third-order valence-corrected chi connectivity index (χ3v) is 9.68. The summed E-state index contributed by atoms with van der Waals surface area (Å²) < 4.78 is 16.6. The van der Waals surface area contributed by atoms with Crippen LogP contribution in [0.4, 0.5) is 0 Å². The van der Waals surface area contributed by atoms with Crippen molar-refractivity contribution >= 4 is 17.9 Å². The molecular formula is C46H84O6. The van der Waals surface area contributed by atoms with Gasteiger partial charge in [-0.15, -0.1) is 0 Å². The SMILES string of the molecule is CCCC/C=C\CCCCCCC(=O)OC(COC(=O)CCCCCCCCC/C=C\CCCCCC)COC(=O)CCCCCCCCCCC. The minimum atomic E-state index is -0.771. The van der Waals surface area contributed by atoms with Gasteiger partial charge in [0.05, 0.1) is 0 Å². The van der Waals surface area contributed by atoms with Crippen LogP contribution in [0, 0.1) is 0 Å². The van der Waals surface area contributed by atoms with Crippen LogP contribution in [0.25, 0.3) is 0 Å². The predicted octanol–water partition coefficient (Wildman–Crippen LogP) is 14.0. The van der Waals surface area contributed by atoms with Gasteiger partial charge in [0.2, 0.25) is 0 Å². The van der Waals surface area contributed by atoms with Crippen LogP contribution >= 0.6 is 0 Å². The summed E-state index contributed by atoms with van der Waals surface area (Å²) in [5.41, 5.74) is 0. The molecule has 0 heterocycles. The van der Waals surface area contributed by atoms with E-state index in [2.05, 4.69) is 45.1 Å². The number of rotatable bonds is 40. The van der Waals surface area contributed by atoms with E-state index in [0.717, 1.165) is 77.0 Å². The fourth-order valence-electron chi connectivity index (χ4n) is 6.24. The topological polar surface area (TPSA) is 78.9 Å². The molecule has 52 heavy (non-hydrogen) atoms.